The van der Waals surface area contributed by atoms with Crippen LogP contribution in [0, 0.1) is 0 Å². The van der Waals surface area contributed by atoms with Gasteiger partial charge in [0.1, 0.15) is 0 Å². The Labute approximate surface area is 120 Å². The monoisotopic (exact) mass is 305 g/mol. The van der Waals surface area contributed by atoms with E-state index in [-0.39, 0.29) is 0 Å². The van der Waals surface area contributed by atoms with Gasteiger partial charge in [-0.25, -0.2) is 8.42 Å². The Morgan fingerprint density at radius 3 is 2.58 bits per heavy atom. The quantitative estimate of drug-likeness (QED) is 0.726. The fraction of sp³-hybridized carbons (Fsp3) is 0.538. The van der Waals surface area contributed by atoms with Crippen LogP contribution in [0.1, 0.15) is 18.1 Å². The summed E-state index contributed by atoms with van der Waals surface area (Å²) in [5.41, 5.74) is 1.61. The third-order valence-corrected chi connectivity index (χ3v) is 5.21. The number of rotatable bonds is 7. The lowest BCUT2D eigenvalue weighted by atomic mass is 10.1. The molecule has 1 aromatic carbocycles. The number of methoxy groups -OCH3 is 1. The van der Waals surface area contributed by atoms with Gasteiger partial charge in [-0.3, -0.25) is 0 Å². The van der Waals surface area contributed by atoms with Crippen LogP contribution in [-0.2, 0) is 27.1 Å². The molecule has 0 aliphatic heterocycles. The smallest absolute Gasteiger partial charge is 0.243 e. The molecule has 1 rings (SSSR count). The molecule has 0 aliphatic rings. The van der Waals surface area contributed by atoms with Crippen molar-refractivity contribution in [3.63, 3.8) is 0 Å². The number of sulfonamides is 1. The van der Waals surface area contributed by atoms with E-state index in [9.17, 15) is 8.42 Å². The number of likely N-dealkylation sites (N-methyl/N-ethyl adjacent to an activating group) is 1. The molecule has 0 bridgehead atoms. The summed E-state index contributed by atoms with van der Waals surface area (Å²) in [6.45, 7) is 2.63. The lowest BCUT2D eigenvalue weighted by molar-refractivity contribution is 0.185. The van der Waals surface area contributed by atoms with E-state index >= 15 is 0 Å². The molecule has 108 valence electrons. The van der Waals surface area contributed by atoms with Gasteiger partial charge in [-0.15, -0.1) is 11.6 Å². The van der Waals surface area contributed by atoms with Gasteiger partial charge in [-0.1, -0.05) is 19.1 Å². The van der Waals surface area contributed by atoms with Crippen LogP contribution in [0.25, 0.3) is 0 Å². The number of ether oxygens (including phenoxy) is 1. The van der Waals surface area contributed by atoms with E-state index in [2.05, 4.69) is 0 Å². The molecule has 0 aromatic heterocycles. The van der Waals surface area contributed by atoms with Gasteiger partial charge in [0.15, 0.2) is 0 Å². The average molecular weight is 306 g/mol. The molecule has 0 radical (unpaired) electrons. The van der Waals surface area contributed by atoms with Crippen LogP contribution in [0.3, 0.4) is 0 Å². The molecule has 0 saturated heterocycles. The Kier molecular flexibility index (Phi) is 6.26. The summed E-state index contributed by atoms with van der Waals surface area (Å²) >= 11 is 5.78. The van der Waals surface area contributed by atoms with E-state index in [1.165, 1.54) is 4.31 Å². The van der Waals surface area contributed by atoms with Crippen molar-refractivity contribution in [1.82, 2.24) is 4.31 Å². The highest BCUT2D eigenvalue weighted by Gasteiger charge is 2.23. The van der Waals surface area contributed by atoms with Gasteiger partial charge in [0.2, 0.25) is 10.0 Å². The summed E-state index contributed by atoms with van der Waals surface area (Å²) in [6.07, 6.45) is 0.662. The Hall–Kier alpha value is -0.620. The highest BCUT2D eigenvalue weighted by atomic mass is 35.5. The molecule has 0 amide bonds. The van der Waals surface area contributed by atoms with Crippen LogP contribution >= 0.6 is 11.6 Å². The molecule has 0 fully saturated rings. The van der Waals surface area contributed by atoms with Crippen molar-refractivity contribution >= 4 is 21.6 Å². The average Bonchev–Trinajstić information content (AvgIpc) is 2.43. The predicted octanol–water partition coefficient (Wildman–Crippen LogP) is 2.25. The lowest BCUT2D eigenvalue weighted by Crippen LogP contribution is -2.30. The van der Waals surface area contributed by atoms with Crippen molar-refractivity contribution in [3.05, 3.63) is 29.3 Å². The Bertz CT molecular complexity index is 517. The molecule has 1 aromatic rings. The second-order valence-electron chi connectivity index (χ2n) is 4.25. The number of alkyl halides is 1. The molecule has 6 heteroatoms. The van der Waals surface area contributed by atoms with Gasteiger partial charge >= 0.3 is 0 Å². The molecule has 19 heavy (non-hydrogen) atoms. The molecule has 0 aliphatic carbocycles. The zero-order chi connectivity index (χ0) is 14.5. The van der Waals surface area contributed by atoms with Crippen molar-refractivity contribution in [1.29, 1.82) is 0 Å². The van der Waals surface area contributed by atoms with Gasteiger partial charge in [-0.05, 0) is 23.6 Å². The zero-order valence-corrected chi connectivity index (χ0v) is 13.1. The number of nitrogens with zero attached hydrogens (tertiary/aromatic N) is 1. The highest BCUT2D eigenvalue weighted by molar-refractivity contribution is 7.89. The zero-order valence-electron chi connectivity index (χ0n) is 11.5. The number of aryl methyl sites for hydroxylation is 1. The Morgan fingerprint density at radius 2 is 2.05 bits per heavy atom. The maximum atomic E-state index is 12.5. The molecule has 0 N–H and O–H groups in total. The summed E-state index contributed by atoms with van der Waals surface area (Å²) < 4.78 is 31.3. The molecule has 4 nitrogen and oxygen atoms in total. The fourth-order valence-corrected chi connectivity index (χ4v) is 3.38. The van der Waals surface area contributed by atoms with Gasteiger partial charge in [0.25, 0.3) is 0 Å². The topological polar surface area (TPSA) is 46.6 Å². The highest BCUT2D eigenvalue weighted by Crippen LogP contribution is 2.22. The maximum Gasteiger partial charge on any atom is 0.243 e. The van der Waals surface area contributed by atoms with E-state index in [4.69, 9.17) is 16.3 Å². The van der Waals surface area contributed by atoms with Crippen LogP contribution < -0.4 is 0 Å². The first-order chi connectivity index (χ1) is 8.97. The number of halogens is 1. The van der Waals surface area contributed by atoms with Crippen LogP contribution in [0.5, 0.6) is 0 Å². The normalized spacial score (nSPS) is 12.1. The van der Waals surface area contributed by atoms with Crippen LogP contribution in [0.2, 0.25) is 0 Å². The minimum Gasteiger partial charge on any atom is -0.383 e. The summed E-state index contributed by atoms with van der Waals surface area (Å²) in [4.78, 5) is 0.340. The first-order valence-electron chi connectivity index (χ1n) is 6.10. The first kappa shape index (κ1) is 16.4. The van der Waals surface area contributed by atoms with E-state index in [1.807, 2.05) is 19.1 Å². The summed E-state index contributed by atoms with van der Waals surface area (Å²) in [5.74, 6) is 0.300. The molecule has 0 unspecified atom stereocenters. The molecule has 0 heterocycles. The molecular weight excluding hydrogens is 286 g/mol. The van der Waals surface area contributed by atoms with Crippen molar-refractivity contribution < 1.29 is 13.2 Å². The summed E-state index contributed by atoms with van der Waals surface area (Å²) in [7, 11) is -0.388. The lowest BCUT2D eigenvalue weighted by Gasteiger charge is -2.19. The van der Waals surface area contributed by atoms with Gasteiger partial charge < -0.3 is 4.74 Å². The summed E-state index contributed by atoms with van der Waals surface area (Å²) in [5, 5.41) is 0. The minimum atomic E-state index is -3.49. The van der Waals surface area contributed by atoms with Crippen molar-refractivity contribution in [2.24, 2.45) is 0 Å². The third-order valence-electron chi connectivity index (χ3n) is 2.97. The van der Waals surface area contributed by atoms with Gasteiger partial charge in [-0.2, -0.15) is 4.31 Å². The standard InChI is InChI=1S/C13H20ClNO3S/c1-4-12-6-5-11(10-14)9-13(12)19(16,17)15(2)7-8-18-3/h5-6,9H,4,7-8,10H2,1-3H3. The van der Waals surface area contributed by atoms with Gasteiger partial charge in [0.05, 0.1) is 11.5 Å². The van der Waals surface area contributed by atoms with E-state index in [0.29, 0.717) is 30.3 Å². The van der Waals surface area contributed by atoms with Crippen molar-refractivity contribution in [3.8, 4) is 0 Å². The number of benzene rings is 1. The molecule has 0 atom stereocenters. The van der Waals surface area contributed by atoms with Crippen molar-refractivity contribution in [2.75, 3.05) is 27.3 Å². The molecule has 0 saturated carbocycles. The predicted molar refractivity (Wildman–Crippen MR) is 77.1 cm³/mol. The van der Waals surface area contributed by atoms with Crippen LogP contribution in [0.4, 0.5) is 0 Å². The third kappa shape index (κ3) is 3.92. The van der Waals surface area contributed by atoms with Crippen LogP contribution in [-0.4, -0.2) is 40.0 Å². The first-order valence-corrected chi connectivity index (χ1v) is 8.07. The maximum absolute atomic E-state index is 12.5. The minimum absolute atomic E-state index is 0.300. The van der Waals surface area contributed by atoms with Crippen molar-refractivity contribution in [2.45, 2.75) is 24.1 Å². The second-order valence-corrected chi connectivity index (χ2v) is 6.53. The SMILES string of the molecule is CCc1ccc(CCl)cc1S(=O)(=O)N(C)CCOC. The number of hydrogen-bond acceptors (Lipinski definition) is 3. The number of hydrogen-bond donors (Lipinski definition) is 0. The Balaban J connectivity index is 3.18. The fourth-order valence-electron chi connectivity index (χ4n) is 1.72. The molecular formula is C13H20ClNO3S. The molecule has 0 spiro atoms. The van der Waals surface area contributed by atoms with Gasteiger partial charge in [0, 0.05) is 26.6 Å². The van der Waals surface area contributed by atoms with E-state index in [0.717, 1.165) is 11.1 Å². The Morgan fingerprint density at radius 1 is 1.37 bits per heavy atom. The summed E-state index contributed by atoms with van der Waals surface area (Å²) in [6, 6.07) is 5.35. The largest absolute Gasteiger partial charge is 0.383 e. The second kappa shape index (κ2) is 7.24. The van der Waals surface area contributed by atoms with Crippen LogP contribution in [0.15, 0.2) is 23.1 Å². The van der Waals surface area contributed by atoms with E-state index < -0.39 is 10.0 Å². The van der Waals surface area contributed by atoms with E-state index in [1.54, 1.807) is 20.2 Å².